The quantitative estimate of drug-likeness (QED) is 0.667. The zero-order chi connectivity index (χ0) is 20.5. The van der Waals surface area contributed by atoms with Gasteiger partial charge in [0.1, 0.15) is 11.5 Å². The third kappa shape index (κ3) is 5.35. The minimum absolute atomic E-state index is 0.210. The number of hydrogen-bond donors (Lipinski definition) is 2. The predicted octanol–water partition coefficient (Wildman–Crippen LogP) is 4.02. The second kappa shape index (κ2) is 9.78. The summed E-state index contributed by atoms with van der Waals surface area (Å²) >= 11 is 0. The van der Waals surface area contributed by atoms with E-state index in [9.17, 15) is 9.59 Å². The van der Waals surface area contributed by atoms with E-state index in [0.29, 0.717) is 0 Å². The zero-order valence-corrected chi connectivity index (χ0v) is 15.5. The minimum atomic E-state index is -0.550. The van der Waals surface area contributed by atoms with Gasteiger partial charge in [0.05, 0.1) is 25.3 Å². The number of carbonyl (C=O) groups excluding carboxylic acids is 2. The van der Waals surface area contributed by atoms with Gasteiger partial charge >= 0.3 is 11.9 Å². The number of methoxy groups -OCH3 is 2. The number of benzene rings is 3. The molecule has 0 saturated heterocycles. The van der Waals surface area contributed by atoms with Crippen LogP contribution in [-0.2, 0) is 9.47 Å². The summed E-state index contributed by atoms with van der Waals surface area (Å²) in [7, 11) is 2.52. The van der Waals surface area contributed by atoms with Crippen molar-refractivity contribution < 1.29 is 29.3 Å². The average Bonchev–Trinajstić information content (AvgIpc) is 2.74. The standard InChI is InChI=1S/C12H10O2.C10H10O4/c13-11-5-1-9(2-6-11)10-3-7-12(14)8-4-10;1-13-9(11)7-5-3-4-6-8(7)10(12)14-2/h1-8,13-14H;3-6H,1-2H3. The van der Waals surface area contributed by atoms with Gasteiger partial charge in [0.2, 0.25) is 0 Å². The van der Waals surface area contributed by atoms with E-state index in [1.807, 2.05) is 24.3 Å². The first-order valence-corrected chi connectivity index (χ1v) is 8.30. The molecule has 0 aliphatic carbocycles. The van der Waals surface area contributed by atoms with Crippen molar-refractivity contribution >= 4 is 11.9 Å². The Hall–Kier alpha value is -3.80. The number of esters is 2. The molecule has 6 nitrogen and oxygen atoms in total. The van der Waals surface area contributed by atoms with Gasteiger partial charge < -0.3 is 19.7 Å². The maximum Gasteiger partial charge on any atom is 0.338 e. The van der Waals surface area contributed by atoms with E-state index >= 15 is 0 Å². The molecule has 0 amide bonds. The topological polar surface area (TPSA) is 93.1 Å². The molecule has 3 aromatic rings. The lowest BCUT2D eigenvalue weighted by atomic mass is 10.1. The molecule has 144 valence electrons. The summed E-state index contributed by atoms with van der Waals surface area (Å²) in [5.74, 6) is -0.586. The Labute approximate surface area is 162 Å². The van der Waals surface area contributed by atoms with Crippen LogP contribution in [0.25, 0.3) is 11.1 Å². The van der Waals surface area contributed by atoms with Gasteiger partial charge in [-0.15, -0.1) is 0 Å². The first-order valence-electron chi connectivity index (χ1n) is 8.30. The van der Waals surface area contributed by atoms with E-state index in [1.54, 1.807) is 36.4 Å². The third-order valence-corrected chi connectivity index (χ3v) is 3.81. The van der Waals surface area contributed by atoms with E-state index in [2.05, 4.69) is 9.47 Å². The van der Waals surface area contributed by atoms with E-state index < -0.39 is 11.9 Å². The summed E-state index contributed by atoms with van der Waals surface area (Å²) in [5, 5.41) is 18.2. The molecule has 0 saturated carbocycles. The maximum absolute atomic E-state index is 11.2. The number of ether oxygens (including phenoxy) is 2. The Kier molecular flexibility index (Phi) is 7.16. The lowest BCUT2D eigenvalue weighted by Crippen LogP contribution is -2.11. The fourth-order valence-corrected chi connectivity index (χ4v) is 2.37. The lowest BCUT2D eigenvalue weighted by Gasteiger charge is -2.04. The molecule has 0 fully saturated rings. The fourth-order valence-electron chi connectivity index (χ4n) is 2.37. The molecular formula is C22H20O6. The van der Waals surface area contributed by atoms with Crippen molar-refractivity contribution in [3.63, 3.8) is 0 Å². The van der Waals surface area contributed by atoms with Crippen molar-refractivity contribution in [1.82, 2.24) is 0 Å². The first-order chi connectivity index (χ1) is 13.5. The van der Waals surface area contributed by atoms with Crippen LogP contribution >= 0.6 is 0 Å². The molecule has 0 aromatic heterocycles. The maximum atomic E-state index is 11.2. The van der Waals surface area contributed by atoms with Crippen molar-refractivity contribution in [3.05, 3.63) is 83.9 Å². The summed E-state index contributed by atoms with van der Waals surface area (Å²) in [6.07, 6.45) is 0. The van der Waals surface area contributed by atoms with Gasteiger partial charge in [-0.3, -0.25) is 0 Å². The minimum Gasteiger partial charge on any atom is -0.508 e. The molecule has 2 N–H and O–H groups in total. The Morgan fingerprint density at radius 1 is 0.607 bits per heavy atom. The van der Waals surface area contributed by atoms with Crippen molar-refractivity contribution in [2.75, 3.05) is 14.2 Å². The summed E-state index contributed by atoms with van der Waals surface area (Å²) in [4.78, 5) is 22.4. The lowest BCUT2D eigenvalue weighted by molar-refractivity contribution is 0.0555. The highest BCUT2D eigenvalue weighted by molar-refractivity contribution is 6.03. The molecule has 3 rings (SSSR count). The van der Waals surface area contributed by atoms with Crippen LogP contribution in [0.5, 0.6) is 11.5 Å². The summed E-state index contributed by atoms with van der Waals surface area (Å²) < 4.78 is 9.05. The Balaban J connectivity index is 0.000000200. The summed E-state index contributed by atoms with van der Waals surface area (Å²) in [6.45, 7) is 0. The highest BCUT2D eigenvalue weighted by atomic mass is 16.5. The number of phenols is 2. The van der Waals surface area contributed by atoms with Crippen LogP contribution in [0.3, 0.4) is 0 Å². The number of hydrogen-bond acceptors (Lipinski definition) is 6. The van der Waals surface area contributed by atoms with Crippen LogP contribution in [0, 0.1) is 0 Å². The second-order valence-corrected chi connectivity index (χ2v) is 5.62. The first kappa shape index (κ1) is 20.5. The number of rotatable bonds is 3. The van der Waals surface area contributed by atoms with Crippen LogP contribution in [0.15, 0.2) is 72.8 Å². The number of phenolic OH excluding ortho intramolecular Hbond substituents is 2. The molecule has 0 radical (unpaired) electrons. The Morgan fingerprint density at radius 2 is 0.929 bits per heavy atom. The Morgan fingerprint density at radius 3 is 1.21 bits per heavy atom. The van der Waals surface area contributed by atoms with Crippen molar-refractivity contribution in [3.8, 4) is 22.6 Å². The summed E-state index contributed by atoms with van der Waals surface area (Å²) in [5.41, 5.74) is 2.45. The van der Waals surface area contributed by atoms with E-state index in [4.69, 9.17) is 10.2 Å². The van der Waals surface area contributed by atoms with Crippen LogP contribution < -0.4 is 0 Å². The highest BCUT2D eigenvalue weighted by Crippen LogP contribution is 2.23. The molecule has 28 heavy (non-hydrogen) atoms. The smallest absolute Gasteiger partial charge is 0.338 e. The largest absolute Gasteiger partial charge is 0.508 e. The zero-order valence-electron chi connectivity index (χ0n) is 15.5. The summed E-state index contributed by atoms with van der Waals surface area (Å²) in [6, 6.07) is 20.2. The molecular weight excluding hydrogens is 360 g/mol. The van der Waals surface area contributed by atoms with Crippen molar-refractivity contribution in [1.29, 1.82) is 0 Å². The van der Waals surface area contributed by atoms with Gasteiger partial charge in [-0.05, 0) is 47.5 Å². The van der Waals surface area contributed by atoms with Crippen LogP contribution in [-0.4, -0.2) is 36.4 Å². The molecule has 3 aromatic carbocycles. The molecule has 0 atom stereocenters. The predicted molar refractivity (Wildman–Crippen MR) is 104 cm³/mol. The van der Waals surface area contributed by atoms with E-state index in [1.165, 1.54) is 26.4 Å². The molecule has 0 heterocycles. The van der Waals surface area contributed by atoms with Gasteiger partial charge in [-0.25, -0.2) is 9.59 Å². The van der Waals surface area contributed by atoms with E-state index in [-0.39, 0.29) is 22.6 Å². The molecule has 0 unspecified atom stereocenters. The normalized spacial score (nSPS) is 9.64. The number of carbonyl (C=O) groups is 2. The van der Waals surface area contributed by atoms with Crippen LogP contribution in [0.2, 0.25) is 0 Å². The van der Waals surface area contributed by atoms with Crippen molar-refractivity contribution in [2.24, 2.45) is 0 Å². The van der Waals surface area contributed by atoms with Gasteiger partial charge in [-0.1, -0.05) is 36.4 Å². The van der Waals surface area contributed by atoms with Gasteiger partial charge in [-0.2, -0.15) is 0 Å². The molecule has 6 heteroatoms. The molecule has 0 aliphatic heterocycles. The van der Waals surface area contributed by atoms with Crippen LogP contribution in [0.1, 0.15) is 20.7 Å². The molecule has 0 spiro atoms. The SMILES string of the molecule is COC(=O)c1ccccc1C(=O)OC.Oc1ccc(-c2ccc(O)cc2)cc1. The second-order valence-electron chi connectivity index (χ2n) is 5.62. The number of aromatic hydroxyl groups is 2. The monoisotopic (exact) mass is 380 g/mol. The Bertz CT molecular complexity index is 852. The third-order valence-electron chi connectivity index (χ3n) is 3.81. The van der Waals surface area contributed by atoms with Crippen molar-refractivity contribution in [2.45, 2.75) is 0 Å². The van der Waals surface area contributed by atoms with Gasteiger partial charge in [0, 0.05) is 0 Å². The average molecular weight is 380 g/mol. The molecule has 0 aliphatic rings. The van der Waals surface area contributed by atoms with E-state index in [0.717, 1.165) is 11.1 Å². The van der Waals surface area contributed by atoms with Gasteiger partial charge in [0.15, 0.2) is 0 Å². The fraction of sp³-hybridized carbons (Fsp3) is 0.0909. The highest BCUT2D eigenvalue weighted by Gasteiger charge is 2.16. The van der Waals surface area contributed by atoms with Crippen LogP contribution in [0.4, 0.5) is 0 Å². The van der Waals surface area contributed by atoms with Gasteiger partial charge in [0.25, 0.3) is 0 Å². The molecule has 0 bridgehead atoms.